The number of amides is 1. The summed E-state index contributed by atoms with van der Waals surface area (Å²) in [6.07, 6.45) is 1.91. The molecule has 21 heavy (non-hydrogen) atoms. The third-order valence-electron chi connectivity index (χ3n) is 3.85. The number of piperidine rings is 1. The van der Waals surface area contributed by atoms with Crippen LogP contribution in [-0.2, 0) is 14.8 Å². The number of rotatable bonds is 3. The Labute approximate surface area is 127 Å². The van der Waals surface area contributed by atoms with Crippen molar-refractivity contribution < 1.29 is 13.2 Å². The van der Waals surface area contributed by atoms with E-state index in [2.05, 4.69) is 20.8 Å². The van der Waals surface area contributed by atoms with Crippen LogP contribution in [0.15, 0.2) is 4.34 Å². The molecule has 2 atom stereocenters. The van der Waals surface area contributed by atoms with Gasteiger partial charge in [-0.2, -0.15) is 4.31 Å². The van der Waals surface area contributed by atoms with E-state index in [1.54, 1.807) is 4.31 Å². The largest absolute Gasteiger partial charge is 0.315 e. The van der Waals surface area contributed by atoms with Crippen LogP contribution in [0.4, 0.5) is 5.13 Å². The molecule has 1 amide bonds. The van der Waals surface area contributed by atoms with E-state index in [0.29, 0.717) is 19.0 Å². The van der Waals surface area contributed by atoms with Gasteiger partial charge < -0.3 is 10.6 Å². The molecule has 116 valence electrons. The maximum atomic E-state index is 12.7. The Kier molecular flexibility index (Phi) is 3.95. The topological polar surface area (TPSA) is 104 Å². The monoisotopic (exact) mass is 331 g/mol. The van der Waals surface area contributed by atoms with Gasteiger partial charge in [0.05, 0.1) is 0 Å². The van der Waals surface area contributed by atoms with E-state index in [1.165, 1.54) is 6.92 Å². The number of anilines is 1. The predicted octanol–water partition coefficient (Wildman–Crippen LogP) is -0.131. The number of sulfonamides is 1. The summed E-state index contributed by atoms with van der Waals surface area (Å²) in [4.78, 5) is 11.0. The molecule has 0 saturated carbocycles. The minimum absolute atomic E-state index is 0.00290. The van der Waals surface area contributed by atoms with Gasteiger partial charge in [-0.05, 0) is 25.3 Å². The first-order valence-electron chi connectivity index (χ1n) is 6.82. The molecule has 0 aromatic carbocycles. The number of aromatic nitrogens is 2. The van der Waals surface area contributed by atoms with Crippen LogP contribution in [0.25, 0.3) is 0 Å². The summed E-state index contributed by atoms with van der Waals surface area (Å²) in [5.74, 6) is 0.0735. The van der Waals surface area contributed by atoms with E-state index in [9.17, 15) is 13.2 Å². The molecule has 2 aliphatic heterocycles. The molecule has 1 aromatic heterocycles. The molecule has 2 fully saturated rings. The fraction of sp³-hybridized carbons (Fsp3) is 0.727. The third-order valence-corrected chi connectivity index (χ3v) is 6.96. The van der Waals surface area contributed by atoms with Gasteiger partial charge in [-0.1, -0.05) is 11.3 Å². The standard InChI is InChI=1S/C11H17N5O3S2/c1-7(17)13-10-14-15-11(20-10)21(18,19)16-4-2-3-8-5-12-6-9(8)16/h8-9,12H,2-6H2,1H3,(H,13,14,17). The zero-order valence-corrected chi connectivity index (χ0v) is 13.2. The van der Waals surface area contributed by atoms with Gasteiger partial charge in [-0.3, -0.25) is 4.79 Å². The molecule has 0 bridgehead atoms. The second kappa shape index (κ2) is 5.59. The van der Waals surface area contributed by atoms with Crippen LogP contribution in [-0.4, -0.2) is 54.5 Å². The number of hydrogen-bond acceptors (Lipinski definition) is 7. The van der Waals surface area contributed by atoms with Crippen LogP contribution in [0.2, 0.25) is 0 Å². The molecule has 1 aromatic rings. The number of nitrogens with one attached hydrogen (secondary N) is 2. The van der Waals surface area contributed by atoms with Crippen molar-refractivity contribution in [3.05, 3.63) is 0 Å². The van der Waals surface area contributed by atoms with E-state index in [1.807, 2.05) is 0 Å². The average Bonchev–Trinajstić information content (AvgIpc) is 3.05. The molecule has 0 aliphatic carbocycles. The highest BCUT2D eigenvalue weighted by molar-refractivity contribution is 7.91. The molecular weight excluding hydrogens is 314 g/mol. The highest BCUT2D eigenvalue weighted by Crippen LogP contribution is 2.32. The number of hydrogen-bond donors (Lipinski definition) is 2. The zero-order chi connectivity index (χ0) is 15.0. The number of fused-ring (bicyclic) bond motifs is 1. The SMILES string of the molecule is CC(=O)Nc1nnc(S(=O)(=O)N2CCCC3CNCC32)s1. The van der Waals surface area contributed by atoms with Crippen molar-refractivity contribution in [2.24, 2.45) is 5.92 Å². The fourth-order valence-corrected chi connectivity index (χ4v) is 5.73. The van der Waals surface area contributed by atoms with Crippen molar-refractivity contribution in [2.75, 3.05) is 25.0 Å². The summed E-state index contributed by atoms with van der Waals surface area (Å²) in [6, 6.07) is -0.00290. The average molecular weight is 331 g/mol. The van der Waals surface area contributed by atoms with Gasteiger partial charge in [-0.15, -0.1) is 10.2 Å². The summed E-state index contributed by atoms with van der Waals surface area (Å²) in [5, 5.41) is 13.4. The lowest BCUT2D eigenvalue weighted by Crippen LogP contribution is -2.48. The molecule has 2 N–H and O–H groups in total. The van der Waals surface area contributed by atoms with Gasteiger partial charge in [0.25, 0.3) is 10.0 Å². The van der Waals surface area contributed by atoms with E-state index < -0.39 is 10.0 Å². The van der Waals surface area contributed by atoms with Crippen LogP contribution in [0.1, 0.15) is 19.8 Å². The quantitative estimate of drug-likeness (QED) is 0.748. The van der Waals surface area contributed by atoms with Crippen LogP contribution in [0, 0.1) is 5.92 Å². The minimum atomic E-state index is -3.64. The Hall–Kier alpha value is -1.10. The normalized spacial score (nSPS) is 26.5. The van der Waals surface area contributed by atoms with E-state index in [4.69, 9.17) is 0 Å². The Morgan fingerprint density at radius 1 is 1.43 bits per heavy atom. The Morgan fingerprint density at radius 2 is 2.24 bits per heavy atom. The number of nitrogens with zero attached hydrogens (tertiary/aromatic N) is 3. The third kappa shape index (κ3) is 2.80. The second-order valence-corrected chi connectivity index (χ2v) is 8.34. The van der Waals surface area contributed by atoms with Crippen LogP contribution in [0.3, 0.4) is 0 Å². The summed E-state index contributed by atoms with van der Waals surface area (Å²) >= 11 is 0.892. The van der Waals surface area contributed by atoms with Gasteiger partial charge in [0.2, 0.25) is 15.4 Å². The van der Waals surface area contributed by atoms with Crippen molar-refractivity contribution in [2.45, 2.75) is 30.1 Å². The minimum Gasteiger partial charge on any atom is -0.315 e. The smallest absolute Gasteiger partial charge is 0.272 e. The molecule has 2 aliphatic rings. The van der Waals surface area contributed by atoms with Gasteiger partial charge in [0.1, 0.15) is 0 Å². The zero-order valence-electron chi connectivity index (χ0n) is 11.6. The summed E-state index contributed by atoms with van der Waals surface area (Å²) in [7, 11) is -3.64. The predicted molar refractivity (Wildman–Crippen MR) is 77.5 cm³/mol. The van der Waals surface area contributed by atoms with Crippen LogP contribution in [0.5, 0.6) is 0 Å². The van der Waals surface area contributed by atoms with E-state index >= 15 is 0 Å². The maximum absolute atomic E-state index is 12.7. The first kappa shape index (κ1) is 14.8. The van der Waals surface area contributed by atoms with Crippen LogP contribution < -0.4 is 10.6 Å². The summed E-state index contributed by atoms with van der Waals surface area (Å²) in [5.41, 5.74) is 0. The van der Waals surface area contributed by atoms with E-state index in [0.717, 1.165) is 30.7 Å². The van der Waals surface area contributed by atoms with Crippen molar-refractivity contribution in [1.82, 2.24) is 19.8 Å². The molecule has 0 radical (unpaired) electrons. The van der Waals surface area contributed by atoms with Crippen molar-refractivity contribution in [3.8, 4) is 0 Å². The summed E-state index contributed by atoms with van der Waals surface area (Å²) < 4.78 is 26.9. The lowest BCUT2D eigenvalue weighted by atomic mass is 9.94. The molecular formula is C11H17N5O3S2. The molecule has 8 nitrogen and oxygen atoms in total. The summed E-state index contributed by atoms with van der Waals surface area (Å²) in [6.45, 7) is 3.40. The lowest BCUT2D eigenvalue weighted by molar-refractivity contribution is -0.114. The molecule has 3 rings (SSSR count). The van der Waals surface area contributed by atoms with E-state index in [-0.39, 0.29) is 21.4 Å². The first-order valence-corrected chi connectivity index (χ1v) is 9.08. The lowest BCUT2D eigenvalue weighted by Gasteiger charge is -2.35. The van der Waals surface area contributed by atoms with Crippen LogP contribution >= 0.6 is 11.3 Å². The van der Waals surface area contributed by atoms with Crippen molar-refractivity contribution in [1.29, 1.82) is 0 Å². The van der Waals surface area contributed by atoms with Gasteiger partial charge in [0.15, 0.2) is 0 Å². The highest BCUT2D eigenvalue weighted by atomic mass is 32.2. The number of carbonyl (C=O) groups excluding carboxylic acids is 1. The number of carbonyl (C=O) groups is 1. The Morgan fingerprint density at radius 3 is 3.00 bits per heavy atom. The highest BCUT2D eigenvalue weighted by Gasteiger charge is 2.42. The molecule has 2 saturated heterocycles. The fourth-order valence-electron chi connectivity index (χ4n) is 2.94. The van der Waals surface area contributed by atoms with Gasteiger partial charge in [0, 0.05) is 26.1 Å². The molecule has 3 heterocycles. The first-order chi connectivity index (χ1) is 9.98. The second-order valence-electron chi connectivity index (χ2n) is 5.30. The van der Waals surface area contributed by atoms with Crippen molar-refractivity contribution in [3.63, 3.8) is 0 Å². The van der Waals surface area contributed by atoms with Crippen molar-refractivity contribution >= 4 is 32.4 Å². The molecule has 0 spiro atoms. The molecule has 2 unspecified atom stereocenters. The van der Waals surface area contributed by atoms with Gasteiger partial charge in [-0.25, -0.2) is 8.42 Å². The maximum Gasteiger partial charge on any atom is 0.272 e. The van der Waals surface area contributed by atoms with Gasteiger partial charge >= 0.3 is 0 Å². The Bertz CT molecular complexity index is 644. The molecule has 10 heteroatoms. The Balaban J connectivity index is 1.85.